The van der Waals surface area contributed by atoms with E-state index in [9.17, 15) is 14.7 Å². The Morgan fingerprint density at radius 1 is 1.06 bits per heavy atom. The first-order valence-electron chi connectivity index (χ1n) is 10.6. The highest BCUT2D eigenvalue weighted by atomic mass is 16.5. The predicted octanol–water partition coefficient (Wildman–Crippen LogP) is 3.94. The molecule has 7 nitrogen and oxygen atoms in total. The van der Waals surface area contributed by atoms with Gasteiger partial charge in [0.1, 0.15) is 17.3 Å². The second-order valence-electron chi connectivity index (χ2n) is 7.74. The molecule has 0 radical (unpaired) electrons. The molecule has 1 heterocycles. The van der Waals surface area contributed by atoms with Crippen molar-refractivity contribution in [1.82, 2.24) is 4.90 Å². The van der Waals surface area contributed by atoms with Gasteiger partial charge in [0.05, 0.1) is 31.9 Å². The standard InChI is InChI=1S/C25H29NO6/c1-16(2)32-14-8-13-26-22(19-12-11-18(30-3)15-20(19)31-4)21(24(28)25(26)29)23(27)17-9-6-5-7-10-17/h5-7,9-12,15-16,22,27H,8,13-14H2,1-4H3/t22-/m1/s1. The average molecular weight is 440 g/mol. The van der Waals surface area contributed by atoms with Crippen LogP contribution in [0.1, 0.15) is 37.4 Å². The van der Waals surface area contributed by atoms with E-state index in [4.69, 9.17) is 14.2 Å². The van der Waals surface area contributed by atoms with E-state index in [1.807, 2.05) is 19.9 Å². The molecule has 2 aromatic rings. The first-order valence-corrected chi connectivity index (χ1v) is 10.6. The molecule has 32 heavy (non-hydrogen) atoms. The molecule has 170 valence electrons. The molecule has 1 aliphatic rings. The molecule has 0 aromatic heterocycles. The number of methoxy groups -OCH3 is 2. The van der Waals surface area contributed by atoms with Crippen LogP contribution in [-0.2, 0) is 14.3 Å². The monoisotopic (exact) mass is 439 g/mol. The molecule has 0 bridgehead atoms. The zero-order chi connectivity index (χ0) is 23.3. The highest BCUT2D eigenvalue weighted by molar-refractivity contribution is 6.46. The second kappa shape index (κ2) is 10.3. The maximum Gasteiger partial charge on any atom is 0.295 e. The number of hydrogen-bond donors (Lipinski definition) is 1. The number of rotatable bonds is 9. The summed E-state index contributed by atoms with van der Waals surface area (Å²) < 4.78 is 16.4. The fourth-order valence-electron chi connectivity index (χ4n) is 3.78. The number of ketones is 1. The lowest BCUT2D eigenvalue weighted by atomic mass is 9.94. The van der Waals surface area contributed by atoms with E-state index in [1.165, 1.54) is 12.0 Å². The maximum absolute atomic E-state index is 13.1. The van der Waals surface area contributed by atoms with Crippen molar-refractivity contribution in [2.24, 2.45) is 0 Å². The van der Waals surface area contributed by atoms with Crippen LogP contribution in [0.3, 0.4) is 0 Å². The Morgan fingerprint density at radius 3 is 2.41 bits per heavy atom. The summed E-state index contributed by atoms with van der Waals surface area (Å²) in [6.07, 6.45) is 0.618. The quantitative estimate of drug-likeness (QED) is 0.276. The number of benzene rings is 2. The van der Waals surface area contributed by atoms with E-state index in [2.05, 4.69) is 0 Å². The normalized spacial score (nSPS) is 17.8. The first kappa shape index (κ1) is 23.3. The Bertz CT molecular complexity index is 999. The van der Waals surface area contributed by atoms with Crippen molar-refractivity contribution < 1.29 is 28.9 Å². The molecule has 1 N–H and O–H groups in total. The summed E-state index contributed by atoms with van der Waals surface area (Å²) in [5.41, 5.74) is 1.09. The number of amides is 1. The van der Waals surface area contributed by atoms with Crippen LogP contribution in [0.5, 0.6) is 11.5 Å². The number of aliphatic hydroxyl groups excluding tert-OH is 1. The third kappa shape index (κ3) is 4.78. The second-order valence-corrected chi connectivity index (χ2v) is 7.74. The van der Waals surface area contributed by atoms with E-state index < -0.39 is 17.7 Å². The molecule has 1 amide bonds. The lowest BCUT2D eigenvalue weighted by molar-refractivity contribution is -0.140. The molecule has 1 aliphatic heterocycles. The van der Waals surface area contributed by atoms with Crippen LogP contribution in [0.25, 0.3) is 5.76 Å². The summed E-state index contributed by atoms with van der Waals surface area (Å²) in [5, 5.41) is 11.1. The van der Waals surface area contributed by atoms with Gasteiger partial charge >= 0.3 is 0 Å². The summed E-state index contributed by atoms with van der Waals surface area (Å²) >= 11 is 0. The smallest absolute Gasteiger partial charge is 0.295 e. The highest BCUT2D eigenvalue weighted by Gasteiger charge is 2.46. The van der Waals surface area contributed by atoms with Gasteiger partial charge in [0.25, 0.3) is 11.7 Å². The number of ether oxygens (including phenoxy) is 3. The Labute approximate surface area is 188 Å². The molecule has 0 aliphatic carbocycles. The predicted molar refractivity (Wildman–Crippen MR) is 121 cm³/mol. The van der Waals surface area contributed by atoms with E-state index >= 15 is 0 Å². The van der Waals surface area contributed by atoms with Gasteiger partial charge in [0.15, 0.2) is 0 Å². The number of carbonyl (C=O) groups excluding carboxylic acids is 2. The Balaban J connectivity index is 2.10. The summed E-state index contributed by atoms with van der Waals surface area (Å²) in [7, 11) is 3.06. The minimum atomic E-state index is -0.796. The molecule has 1 atom stereocenters. The van der Waals surface area contributed by atoms with Crippen LogP contribution in [0.2, 0.25) is 0 Å². The Hall–Kier alpha value is -3.32. The van der Waals surface area contributed by atoms with Gasteiger partial charge in [-0.2, -0.15) is 0 Å². The molecule has 1 saturated heterocycles. The number of Topliss-reactive ketones (excluding diaryl/α,β-unsaturated/α-hetero) is 1. The molecule has 7 heteroatoms. The lowest BCUT2D eigenvalue weighted by Gasteiger charge is -2.27. The number of aliphatic hydroxyl groups is 1. The molecular weight excluding hydrogens is 410 g/mol. The number of carbonyl (C=O) groups is 2. The summed E-state index contributed by atoms with van der Waals surface area (Å²) in [6, 6.07) is 13.1. The van der Waals surface area contributed by atoms with E-state index in [0.717, 1.165) is 0 Å². The summed E-state index contributed by atoms with van der Waals surface area (Å²) in [6.45, 7) is 4.62. The van der Waals surface area contributed by atoms with Gasteiger partial charge in [0.2, 0.25) is 0 Å². The Kier molecular flexibility index (Phi) is 7.53. The van der Waals surface area contributed by atoms with Crippen molar-refractivity contribution in [1.29, 1.82) is 0 Å². The number of likely N-dealkylation sites (tertiary alicyclic amines) is 1. The Morgan fingerprint density at radius 2 is 1.78 bits per heavy atom. The van der Waals surface area contributed by atoms with Crippen LogP contribution in [0, 0.1) is 0 Å². The van der Waals surface area contributed by atoms with Gasteiger partial charge in [-0.15, -0.1) is 0 Å². The van der Waals surface area contributed by atoms with E-state index in [-0.39, 0.29) is 17.4 Å². The number of nitrogens with zero attached hydrogens (tertiary/aromatic N) is 1. The minimum Gasteiger partial charge on any atom is -0.507 e. The van der Waals surface area contributed by atoms with Crippen molar-refractivity contribution in [3.63, 3.8) is 0 Å². The fraction of sp³-hybridized carbons (Fsp3) is 0.360. The first-order chi connectivity index (χ1) is 15.4. The zero-order valence-electron chi connectivity index (χ0n) is 18.8. The topological polar surface area (TPSA) is 85.3 Å². The molecule has 3 rings (SSSR count). The third-order valence-corrected chi connectivity index (χ3v) is 5.32. The van der Waals surface area contributed by atoms with Crippen LogP contribution in [0.4, 0.5) is 0 Å². The zero-order valence-corrected chi connectivity index (χ0v) is 18.8. The van der Waals surface area contributed by atoms with Gasteiger partial charge in [-0.1, -0.05) is 30.3 Å². The van der Waals surface area contributed by atoms with Gasteiger partial charge in [-0.25, -0.2) is 0 Å². The van der Waals surface area contributed by atoms with Crippen molar-refractivity contribution in [3.05, 3.63) is 65.2 Å². The average Bonchev–Trinajstić information content (AvgIpc) is 3.06. The van der Waals surface area contributed by atoms with Crippen molar-refractivity contribution in [3.8, 4) is 11.5 Å². The van der Waals surface area contributed by atoms with Crippen molar-refractivity contribution >= 4 is 17.4 Å². The van der Waals surface area contributed by atoms with Crippen LogP contribution < -0.4 is 9.47 Å². The highest BCUT2D eigenvalue weighted by Crippen LogP contribution is 2.43. The fourth-order valence-corrected chi connectivity index (χ4v) is 3.78. The molecular formula is C25H29NO6. The molecule has 1 fully saturated rings. The molecule has 0 unspecified atom stereocenters. The van der Waals surface area contributed by atoms with Gasteiger partial charge in [0, 0.05) is 30.3 Å². The van der Waals surface area contributed by atoms with Crippen molar-refractivity contribution in [2.45, 2.75) is 32.4 Å². The van der Waals surface area contributed by atoms with Gasteiger partial charge in [-0.3, -0.25) is 9.59 Å². The summed E-state index contributed by atoms with van der Waals surface area (Å²) in [4.78, 5) is 27.6. The molecule has 2 aromatic carbocycles. The third-order valence-electron chi connectivity index (χ3n) is 5.32. The van der Waals surface area contributed by atoms with Crippen LogP contribution in [0.15, 0.2) is 54.1 Å². The summed E-state index contributed by atoms with van der Waals surface area (Å²) in [5.74, 6) is -0.559. The minimum absolute atomic E-state index is 0.0365. The number of hydrogen-bond acceptors (Lipinski definition) is 6. The van der Waals surface area contributed by atoms with E-state index in [1.54, 1.807) is 49.6 Å². The largest absolute Gasteiger partial charge is 0.507 e. The molecule has 0 spiro atoms. The lowest BCUT2D eigenvalue weighted by Crippen LogP contribution is -2.31. The van der Waals surface area contributed by atoms with Crippen LogP contribution >= 0.6 is 0 Å². The SMILES string of the molecule is COc1ccc([C@@H]2C(=C(O)c3ccccc3)C(=O)C(=O)N2CCCOC(C)C)c(OC)c1. The van der Waals surface area contributed by atoms with Crippen LogP contribution in [-0.4, -0.2) is 55.2 Å². The van der Waals surface area contributed by atoms with Gasteiger partial charge in [-0.05, 0) is 32.4 Å². The van der Waals surface area contributed by atoms with E-state index in [0.29, 0.717) is 42.2 Å². The van der Waals surface area contributed by atoms with Gasteiger partial charge < -0.3 is 24.2 Å². The van der Waals surface area contributed by atoms with Crippen molar-refractivity contribution in [2.75, 3.05) is 27.4 Å². The molecule has 0 saturated carbocycles. The maximum atomic E-state index is 13.1.